The summed E-state index contributed by atoms with van der Waals surface area (Å²) in [6.45, 7) is 7.87. The van der Waals surface area contributed by atoms with Crippen molar-refractivity contribution in [2.75, 3.05) is 45.2 Å². The SMILES string of the molecule is CNCc1ccc(N2CCCN(C)CC2)c(C)c1. The van der Waals surface area contributed by atoms with Gasteiger partial charge < -0.3 is 15.1 Å². The molecule has 0 unspecified atom stereocenters. The average Bonchev–Trinajstić information content (AvgIpc) is 2.55. The van der Waals surface area contributed by atoms with E-state index >= 15 is 0 Å². The number of hydrogen-bond acceptors (Lipinski definition) is 3. The lowest BCUT2D eigenvalue weighted by atomic mass is 10.1. The van der Waals surface area contributed by atoms with E-state index in [9.17, 15) is 0 Å². The van der Waals surface area contributed by atoms with Crippen molar-refractivity contribution in [3.05, 3.63) is 29.3 Å². The minimum absolute atomic E-state index is 0.948. The molecule has 0 aliphatic carbocycles. The fourth-order valence-corrected chi connectivity index (χ4v) is 2.67. The maximum atomic E-state index is 3.21. The monoisotopic (exact) mass is 247 g/mol. The molecule has 0 bridgehead atoms. The lowest BCUT2D eigenvalue weighted by molar-refractivity contribution is 0.360. The molecule has 1 aliphatic rings. The molecule has 0 radical (unpaired) electrons. The standard InChI is InChI=1S/C15H25N3/c1-13-11-14(12-16-2)5-6-15(13)18-8-4-7-17(3)9-10-18/h5-6,11,16H,4,7-10,12H2,1-3H3. The number of nitrogens with zero attached hydrogens (tertiary/aromatic N) is 2. The molecule has 1 fully saturated rings. The Kier molecular flexibility index (Phi) is 4.61. The van der Waals surface area contributed by atoms with Gasteiger partial charge >= 0.3 is 0 Å². The number of nitrogens with one attached hydrogen (secondary N) is 1. The first-order valence-corrected chi connectivity index (χ1v) is 6.88. The van der Waals surface area contributed by atoms with Crippen molar-refractivity contribution in [2.45, 2.75) is 19.9 Å². The van der Waals surface area contributed by atoms with Crippen molar-refractivity contribution in [3.8, 4) is 0 Å². The van der Waals surface area contributed by atoms with Crippen molar-refractivity contribution in [1.29, 1.82) is 0 Å². The van der Waals surface area contributed by atoms with E-state index in [4.69, 9.17) is 0 Å². The highest BCUT2D eigenvalue weighted by molar-refractivity contribution is 5.54. The average molecular weight is 247 g/mol. The molecule has 1 heterocycles. The predicted molar refractivity (Wildman–Crippen MR) is 78.3 cm³/mol. The maximum absolute atomic E-state index is 3.21. The first-order chi connectivity index (χ1) is 8.70. The lowest BCUT2D eigenvalue weighted by Crippen LogP contribution is -2.29. The summed E-state index contributed by atoms with van der Waals surface area (Å²) in [5.74, 6) is 0. The van der Waals surface area contributed by atoms with Crippen LogP contribution in [0, 0.1) is 6.92 Å². The van der Waals surface area contributed by atoms with Crippen molar-refractivity contribution in [2.24, 2.45) is 0 Å². The topological polar surface area (TPSA) is 18.5 Å². The van der Waals surface area contributed by atoms with Gasteiger partial charge in [-0.3, -0.25) is 0 Å². The van der Waals surface area contributed by atoms with Crippen LogP contribution in [0.2, 0.25) is 0 Å². The Balaban J connectivity index is 2.12. The van der Waals surface area contributed by atoms with Crippen molar-refractivity contribution in [1.82, 2.24) is 10.2 Å². The quantitative estimate of drug-likeness (QED) is 0.879. The van der Waals surface area contributed by atoms with Crippen LogP contribution in [0.4, 0.5) is 5.69 Å². The summed E-state index contributed by atoms with van der Waals surface area (Å²) in [4.78, 5) is 4.95. The van der Waals surface area contributed by atoms with Gasteiger partial charge in [0.05, 0.1) is 0 Å². The second-order valence-electron chi connectivity index (χ2n) is 5.30. The number of likely N-dealkylation sites (N-methyl/N-ethyl adjacent to an activating group) is 1. The molecule has 1 aromatic carbocycles. The van der Waals surface area contributed by atoms with Crippen LogP contribution in [0.25, 0.3) is 0 Å². The summed E-state index contributed by atoms with van der Waals surface area (Å²) < 4.78 is 0. The highest BCUT2D eigenvalue weighted by atomic mass is 15.2. The Morgan fingerprint density at radius 1 is 1.17 bits per heavy atom. The molecule has 18 heavy (non-hydrogen) atoms. The molecule has 1 N–H and O–H groups in total. The van der Waals surface area contributed by atoms with Gasteiger partial charge in [0.15, 0.2) is 0 Å². The Bertz CT molecular complexity index is 389. The zero-order chi connectivity index (χ0) is 13.0. The molecule has 0 saturated carbocycles. The summed E-state index contributed by atoms with van der Waals surface area (Å²) in [5.41, 5.74) is 4.17. The van der Waals surface area contributed by atoms with E-state index in [1.165, 1.54) is 36.3 Å². The summed E-state index contributed by atoms with van der Waals surface area (Å²) in [6.07, 6.45) is 1.26. The first-order valence-electron chi connectivity index (χ1n) is 6.88. The van der Waals surface area contributed by atoms with Crippen LogP contribution in [0.15, 0.2) is 18.2 Å². The van der Waals surface area contributed by atoms with Crippen LogP contribution in [0.1, 0.15) is 17.5 Å². The molecule has 3 heteroatoms. The van der Waals surface area contributed by atoms with E-state index in [1.54, 1.807) is 0 Å². The van der Waals surface area contributed by atoms with Crippen molar-refractivity contribution in [3.63, 3.8) is 0 Å². The van der Waals surface area contributed by atoms with E-state index in [1.807, 2.05) is 7.05 Å². The van der Waals surface area contributed by atoms with Gasteiger partial charge in [0.2, 0.25) is 0 Å². The van der Waals surface area contributed by atoms with Crippen molar-refractivity contribution >= 4 is 5.69 Å². The zero-order valence-corrected chi connectivity index (χ0v) is 11.9. The third-order valence-electron chi connectivity index (χ3n) is 3.70. The van der Waals surface area contributed by atoms with Crippen LogP contribution in [0.5, 0.6) is 0 Å². The Morgan fingerprint density at radius 2 is 2.00 bits per heavy atom. The molecule has 0 spiro atoms. The minimum Gasteiger partial charge on any atom is -0.370 e. The van der Waals surface area contributed by atoms with E-state index in [0.717, 1.165) is 19.6 Å². The number of aryl methyl sites for hydroxylation is 1. The Labute approximate surface area is 111 Å². The molecular formula is C15H25N3. The molecule has 2 rings (SSSR count). The normalized spacial score (nSPS) is 17.8. The molecule has 100 valence electrons. The summed E-state index contributed by atoms with van der Waals surface area (Å²) in [6, 6.07) is 6.83. The fraction of sp³-hybridized carbons (Fsp3) is 0.600. The zero-order valence-electron chi connectivity index (χ0n) is 11.9. The molecule has 1 aliphatic heterocycles. The smallest absolute Gasteiger partial charge is 0.0396 e. The van der Waals surface area contributed by atoms with Gasteiger partial charge in [0.1, 0.15) is 0 Å². The molecule has 0 atom stereocenters. The van der Waals surface area contributed by atoms with Gasteiger partial charge in [-0.05, 0) is 51.2 Å². The fourth-order valence-electron chi connectivity index (χ4n) is 2.67. The molecule has 1 aromatic rings. The highest BCUT2D eigenvalue weighted by Gasteiger charge is 2.14. The third kappa shape index (κ3) is 3.24. The Morgan fingerprint density at radius 3 is 2.72 bits per heavy atom. The second kappa shape index (κ2) is 6.21. The number of benzene rings is 1. The molecule has 3 nitrogen and oxygen atoms in total. The summed E-state index contributed by atoms with van der Waals surface area (Å²) >= 11 is 0. The minimum atomic E-state index is 0.948. The molecule has 0 amide bonds. The van der Waals surface area contributed by atoms with Crippen LogP contribution in [0.3, 0.4) is 0 Å². The Hall–Kier alpha value is -1.06. The molecule has 0 aromatic heterocycles. The molecule has 1 saturated heterocycles. The van der Waals surface area contributed by atoms with Crippen LogP contribution in [-0.4, -0.2) is 45.2 Å². The van der Waals surface area contributed by atoms with Gasteiger partial charge in [0.25, 0.3) is 0 Å². The number of rotatable bonds is 3. The maximum Gasteiger partial charge on any atom is 0.0396 e. The van der Waals surface area contributed by atoms with Crippen LogP contribution in [-0.2, 0) is 6.54 Å². The highest BCUT2D eigenvalue weighted by Crippen LogP contribution is 2.22. The summed E-state index contributed by atoms with van der Waals surface area (Å²) in [7, 11) is 4.21. The second-order valence-corrected chi connectivity index (χ2v) is 5.30. The van der Waals surface area contributed by atoms with Crippen LogP contribution >= 0.6 is 0 Å². The van der Waals surface area contributed by atoms with E-state index < -0.39 is 0 Å². The van der Waals surface area contributed by atoms with Gasteiger partial charge in [-0.25, -0.2) is 0 Å². The van der Waals surface area contributed by atoms with E-state index in [2.05, 4.69) is 47.3 Å². The van der Waals surface area contributed by atoms with Crippen molar-refractivity contribution < 1.29 is 0 Å². The van der Waals surface area contributed by atoms with E-state index in [0.29, 0.717) is 0 Å². The lowest BCUT2D eigenvalue weighted by Gasteiger charge is -2.25. The largest absolute Gasteiger partial charge is 0.370 e. The van der Waals surface area contributed by atoms with Gasteiger partial charge in [-0.15, -0.1) is 0 Å². The van der Waals surface area contributed by atoms with Gasteiger partial charge in [0, 0.05) is 31.9 Å². The number of hydrogen-bond donors (Lipinski definition) is 1. The molecular weight excluding hydrogens is 222 g/mol. The van der Waals surface area contributed by atoms with Gasteiger partial charge in [-0.1, -0.05) is 12.1 Å². The number of anilines is 1. The van der Waals surface area contributed by atoms with Gasteiger partial charge in [-0.2, -0.15) is 0 Å². The third-order valence-corrected chi connectivity index (χ3v) is 3.70. The van der Waals surface area contributed by atoms with E-state index in [-0.39, 0.29) is 0 Å². The van der Waals surface area contributed by atoms with Crippen LogP contribution < -0.4 is 10.2 Å². The first kappa shape index (κ1) is 13.4. The summed E-state index contributed by atoms with van der Waals surface area (Å²) in [5, 5.41) is 3.21. The predicted octanol–water partition coefficient (Wildman–Crippen LogP) is 1.86.